The molecule has 0 fully saturated rings. The first kappa shape index (κ1) is 7.31. The summed E-state index contributed by atoms with van der Waals surface area (Å²) >= 11 is 0. The van der Waals surface area contributed by atoms with E-state index in [1.807, 2.05) is 12.1 Å². The molecular weight excluding hydrogens is 154 g/mol. The minimum Gasteiger partial charge on any atom is -0.457 e. The molecule has 0 saturated heterocycles. The van der Waals surface area contributed by atoms with E-state index in [4.69, 9.17) is 4.42 Å². The fraction of sp³-hybridized carbons (Fsp3) is 0.222. The lowest BCUT2D eigenvalue weighted by Gasteiger charge is -1.95. The lowest BCUT2D eigenvalue weighted by atomic mass is 10.2. The zero-order valence-corrected chi connectivity index (χ0v) is 6.69. The smallest absolute Gasteiger partial charge is 0.152 e. The Labute approximate surface area is 69.7 Å². The molecule has 0 aliphatic rings. The van der Waals surface area contributed by atoms with Crippen molar-refractivity contribution in [3.63, 3.8) is 0 Å². The summed E-state index contributed by atoms with van der Waals surface area (Å²) in [7, 11) is 0. The van der Waals surface area contributed by atoms with Gasteiger partial charge in [-0.3, -0.25) is 4.98 Å². The maximum Gasteiger partial charge on any atom is 0.152 e. The minimum atomic E-state index is -0.558. The second-order valence-corrected chi connectivity index (χ2v) is 2.74. The molecule has 1 N–H and O–H groups in total. The Balaban J connectivity index is 2.62. The van der Waals surface area contributed by atoms with E-state index in [0.717, 1.165) is 5.39 Å². The van der Waals surface area contributed by atoms with Gasteiger partial charge in [-0.2, -0.15) is 0 Å². The summed E-state index contributed by atoms with van der Waals surface area (Å²) in [6.45, 7) is 1.67. The third kappa shape index (κ3) is 1.08. The predicted molar refractivity (Wildman–Crippen MR) is 44.6 cm³/mol. The van der Waals surface area contributed by atoms with Crippen LogP contribution in [0.15, 0.2) is 28.9 Å². The van der Waals surface area contributed by atoms with Crippen molar-refractivity contribution >= 4 is 11.0 Å². The Hall–Kier alpha value is -1.35. The summed E-state index contributed by atoms with van der Waals surface area (Å²) in [5, 5.41) is 10.2. The number of aliphatic hydroxyl groups excluding tert-OH is 1. The van der Waals surface area contributed by atoms with Gasteiger partial charge in [0.25, 0.3) is 0 Å². The van der Waals surface area contributed by atoms with Gasteiger partial charge in [0.15, 0.2) is 5.58 Å². The van der Waals surface area contributed by atoms with Gasteiger partial charge < -0.3 is 9.52 Å². The average Bonchev–Trinajstić information content (AvgIpc) is 2.46. The minimum absolute atomic E-state index is 0.558. The van der Waals surface area contributed by atoms with Crippen LogP contribution in [0.5, 0.6) is 0 Å². The van der Waals surface area contributed by atoms with Crippen molar-refractivity contribution in [2.45, 2.75) is 13.0 Å². The predicted octanol–water partition coefficient (Wildman–Crippen LogP) is 1.88. The number of aromatic nitrogens is 1. The van der Waals surface area contributed by atoms with Crippen molar-refractivity contribution in [1.29, 1.82) is 0 Å². The first-order valence-corrected chi connectivity index (χ1v) is 3.79. The molecule has 2 heterocycles. The first-order valence-electron chi connectivity index (χ1n) is 3.79. The van der Waals surface area contributed by atoms with Gasteiger partial charge in [0.1, 0.15) is 11.9 Å². The summed E-state index contributed by atoms with van der Waals surface area (Å²) in [5.41, 5.74) is 0.716. The molecular formula is C9H9NO2. The number of hydrogen-bond acceptors (Lipinski definition) is 3. The van der Waals surface area contributed by atoms with Gasteiger partial charge in [-0.1, -0.05) is 0 Å². The highest BCUT2D eigenvalue weighted by atomic mass is 16.4. The molecule has 0 spiro atoms. The third-order valence-corrected chi connectivity index (χ3v) is 1.75. The van der Waals surface area contributed by atoms with Crippen molar-refractivity contribution < 1.29 is 9.52 Å². The highest BCUT2D eigenvalue weighted by Gasteiger charge is 2.07. The number of nitrogens with zero attached hydrogens (tertiary/aromatic N) is 1. The van der Waals surface area contributed by atoms with Crippen LogP contribution in [0, 0.1) is 0 Å². The second kappa shape index (κ2) is 2.60. The normalized spacial score (nSPS) is 13.5. The van der Waals surface area contributed by atoms with Crippen molar-refractivity contribution in [2.75, 3.05) is 0 Å². The van der Waals surface area contributed by atoms with Crippen molar-refractivity contribution in [2.24, 2.45) is 0 Å². The molecule has 2 aromatic heterocycles. The van der Waals surface area contributed by atoms with Gasteiger partial charge in [-0.05, 0) is 19.1 Å². The Morgan fingerprint density at radius 1 is 1.58 bits per heavy atom. The SMILES string of the molecule is CC(O)c1cc2ccncc2o1. The fourth-order valence-electron chi connectivity index (χ4n) is 1.11. The molecule has 0 aliphatic carbocycles. The molecule has 0 bridgehead atoms. The molecule has 1 atom stereocenters. The highest BCUT2D eigenvalue weighted by Crippen LogP contribution is 2.22. The van der Waals surface area contributed by atoms with Gasteiger partial charge >= 0.3 is 0 Å². The van der Waals surface area contributed by atoms with Crippen LogP contribution in [0.2, 0.25) is 0 Å². The van der Waals surface area contributed by atoms with Crippen LogP contribution in [0.3, 0.4) is 0 Å². The molecule has 2 rings (SSSR count). The van der Waals surface area contributed by atoms with Crippen molar-refractivity contribution in [1.82, 2.24) is 4.98 Å². The Morgan fingerprint density at radius 3 is 3.08 bits per heavy atom. The molecule has 12 heavy (non-hydrogen) atoms. The van der Waals surface area contributed by atoms with Crippen LogP contribution in [-0.4, -0.2) is 10.1 Å². The van der Waals surface area contributed by atoms with Crippen LogP contribution < -0.4 is 0 Å². The Kier molecular flexibility index (Phi) is 1.59. The van der Waals surface area contributed by atoms with Crippen molar-refractivity contribution in [3.8, 4) is 0 Å². The molecule has 3 heteroatoms. The van der Waals surface area contributed by atoms with Crippen molar-refractivity contribution in [3.05, 3.63) is 30.3 Å². The average molecular weight is 163 g/mol. The largest absolute Gasteiger partial charge is 0.457 e. The lowest BCUT2D eigenvalue weighted by Crippen LogP contribution is -1.85. The van der Waals surface area contributed by atoms with E-state index in [1.54, 1.807) is 19.3 Å². The third-order valence-electron chi connectivity index (χ3n) is 1.75. The van der Waals surface area contributed by atoms with E-state index in [0.29, 0.717) is 11.3 Å². The van der Waals surface area contributed by atoms with E-state index >= 15 is 0 Å². The van der Waals surface area contributed by atoms with Gasteiger partial charge in [0.2, 0.25) is 0 Å². The van der Waals surface area contributed by atoms with Gasteiger partial charge in [-0.15, -0.1) is 0 Å². The van der Waals surface area contributed by atoms with E-state index in [1.165, 1.54) is 0 Å². The number of rotatable bonds is 1. The Morgan fingerprint density at radius 2 is 2.42 bits per heavy atom. The molecule has 2 aromatic rings. The van der Waals surface area contributed by atoms with Crippen LogP contribution in [-0.2, 0) is 0 Å². The van der Waals surface area contributed by atoms with Gasteiger partial charge in [0.05, 0.1) is 6.20 Å². The number of aliphatic hydroxyl groups is 1. The number of furan rings is 1. The molecule has 0 aliphatic heterocycles. The molecule has 0 saturated carbocycles. The van der Waals surface area contributed by atoms with Crippen LogP contribution >= 0.6 is 0 Å². The van der Waals surface area contributed by atoms with E-state index in [9.17, 15) is 5.11 Å². The highest BCUT2D eigenvalue weighted by molar-refractivity contribution is 5.76. The summed E-state index contributed by atoms with van der Waals surface area (Å²) in [6.07, 6.45) is 2.78. The molecule has 0 radical (unpaired) electrons. The van der Waals surface area contributed by atoms with Crippen LogP contribution in [0.4, 0.5) is 0 Å². The first-order chi connectivity index (χ1) is 5.77. The summed E-state index contributed by atoms with van der Waals surface area (Å²) < 4.78 is 5.32. The number of fused-ring (bicyclic) bond motifs is 1. The standard InChI is InChI=1S/C9H9NO2/c1-6(11)8-4-7-2-3-10-5-9(7)12-8/h2-6,11H,1H3. The zero-order chi connectivity index (χ0) is 8.55. The van der Waals surface area contributed by atoms with E-state index < -0.39 is 6.10 Å². The Bertz CT molecular complexity index is 359. The molecule has 1 unspecified atom stereocenters. The van der Waals surface area contributed by atoms with Gasteiger partial charge in [-0.25, -0.2) is 0 Å². The number of hydrogen-bond donors (Lipinski definition) is 1. The molecule has 62 valence electrons. The van der Waals surface area contributed by atoms with Crippen LogP contribution in [0.1, 0.15) is 18.8 Å². The fourth-order valence-corrected chi connectivity index (χ4v) is 1.11. The second-order valence-electron chi connectivity index (χ2n) is 2.74. The molecule has 3 nitrogen and oxygen atoms in total. The maximum atomic E-state index is 9.21. The zero-order valence-electron chi connectivity index (χ0n) is 6.69. The molecule has 0 amide bonds. The maximum absolute atomic E-state index is 9.21. The van der Waals surface area contributed by atoms with Crippen LogP contribution in [0.25, 0.3) is 11.0 Å². The lowest BCUT2D eigenvalue weighted by molar-refractivity contribution is 0.172. The molecule has 0 aromatic carbocycles. The van der Waals surface area contributed by atoms with E-state index in [2.05, 4.69) is 4.98 Å². The number of pyridine rings is 1. The topological polar surface area (TPSA) is 46.3 Å². The van der Waals surface area contributed by atoms with Gasteiger partial charge in [0, 0.05) is 11.6 Å². The summed E-state index contributed by atoms with van der Waals surface area (Å²) in [5.74, 6) is 0.581. The summed E-state index contributed by atoms with van der Waals surface area (Å²) in [4.78, 5) is 3.91. The quantitative estimate of drug-likeness (QED) is 0.698. The monoisotopic (exact) mass is 163 g/mol. The van der Waals surface area contributed by atoms with E-state index in [-0.39, 0.29) is 0 Å². The summed E-state index contributed by atoms with van der Waals surface area (Å²) in [6, 6.07) is 3.67.